The lowest BCUT2D eigenvalue weighted by Gasteiger charge is -2.07. The number of amides is 1. The third-order valence-electron chi connectivity index (χ3n) is 3.07. The number of nitrogens with one attached hydrogen (secondary N) is 1. The van der Waals surface area contributed by atoms with Crippen LogP contribution in [-0.4, -0.2) is 17.0 Å². The first-order chi connectivity index (χ1) is 9.88. The highest BCUT2D eigenvalue weighted by Gasteiger charge is 2.15. The summed E-state index contributed by atoms with van der Waals surface area (Å²) >= 11 is 3.33. The van der Waals surface area contributed by atoms with E-state index in [1.54, 1.807) is 13.0 Å². The Labute approximate surface area is 130 Å². The summed E-state index contributed by atoms with van der Waals surface area (Å²) in [5.41, 5.74) is 1.53. The third kappa shape index (κ3) is 3.52. The number of benzene rings is 1. The van der Waals surface area contributed by atoms with Gasteiger partial charge in [0.1, 0.15) is 17.1 Å². The fraction of sp³-hybridized carbons (Fsp3) is 0.200. The standard InChI is InChI=1S/C15H14BrNO4/c1-8-3-4-10(16)5-12(8)14(18)17-7-11-6-13(15(19)20)9(2)21-11/h3-6H,7H2,1-2H3,(H,17,18)(H,19,20). The molecule has 1 amide bonds. The van der Waals surface area contributed by atoms with Crippen LogP contribution in [-0.2, 0) is 6.54 Å². The number of aromatic carboxylic acids is 1. The summed E-state index contributed by atoms with van der Waals surface area (Å²) in [5, 5.41) is 11.7. The van der Waals surface area contributed by atoms with Crippen molar-refractivity contribution in [3.05, 3.63) is 56.9 Å². The van der Waals surface area contributed by atoms with Crippen LogP contribution < -0.4 is 5.32 Å². The molecule has 0 bridgehead atoms. The monoisotopic (exact) mass is 351 g/mol. The smallest absolute Gasteiger partial charge is 0.339 e. The second-order valence-electron chi connectivity index (χ2n) is 4.63. The zero-order valence-electron chi connectivity index (χ0n) is 11.6. The maximum Gasteiger partial charge on any atom is 0.339 e. The molecule has 6 heteroatoms. The lowest BCUT2D eigenvalue weighted by molar-refractivity contribution is 0.0694. The minimum absolute atomic E-state index is 0.109. The Balaban J connectivity index is 2.09. The predicted octanol–water partition coefficient (Wildman–Crippen LogP) is 3.29. The Morgan fingerprint density at radius 3 is 2.57 bits per heavy atom. The lowest BCUT2D eigenvalue weighted by atomic mass is 10.1. The van der Waals surface area contributed by atoms with Gasteiger partial charge < -0.3 is 14.8 Å². The van der Waals surface area contributed by atoms with E-state index >= 15 is 0 Å². The molecule has 1 heterocycles. The molecule has 5 nitrogen and oxygen atoms in total. The van der Waals surface area contributed by atoms with Crippen molar-refractivity contribution in [3.63, 3.8) is 0 Å². The number of carbonyl (C=O) groups excluding carboxylic acids is 1. The molecule has 0 aliphatic rings. The molecule has 0 atom stereocenters. The van der Waals surface area contributed by atoms with E-state index in [2.05, 4.69) is 21.2 Å². The van der Waals surface area contributed by atoms with Gasteiger partial charge in [-0.2, -0.15) is 0 Å². The van der Waals surface area contributed by atoms with Crippen LogP contribution >= 0.6 is 15.9 Å². The van der Waals surface area contributed by atoms with E-state index in [0.717, 1.165) is 10.0 Å². The summed E-state index contributed by atoms with van der Waals surface area (Å²) in [4.78, 5) is 23.1. The highest BCUT2D eigenvalue weighted by Crippen LogP contribution is 2.17. The highest BCUT2D eigenvalue weighted by atomic mass is 79.9. The van der Waals surface area contributed by atoms with Crippen LogP contribution in [0.15, 0.2) is 33.2 Å². The van der Waals surface area contributed by atoms with E-state index in [1.165, 1.54) is 6.07 Å². The molecule has 1 aromatic carbocycles. The number of aryl methyl sites for hydroxylation is 2. The van der Waals surface area contributed by atoms with Crippen LogP contribution in [0.1, 0.15) is 37.8 Å². The van der Waals surface area contributed by atoms with Gasteiger partial charge in [0.05, 0.1) is 6.54 Å². The molecule has 2 aromatic rings. The van der Waals surface area contributed by atoms with Crippen molar-refractivity contribution in [2.75, 3.05) is 0 Å². The number of hydrogen-bond acceptors (Lipinski definition) is 3. The Morgan fingerprint density at radius 2 is 1.95 bits per heavy atom. The van der Waals surface area contributed by atoms with E-state index in [9.17, 15) is 9.59 Å². The average molecular weight is 352 g/mol. The van der Waals surface area contributed by atoms with E-state index in [1.807, 2.05) is 19.1 Å². The number of carboxylic acids is 1. The van der Waals surface area contributed by atoms with Crippen molar-refractivity contribution in [3.8, 4) is 0 Å². The van der Waals surface area contributed by atoms with Gasteiger partial charge in [-0.3, -0.25) is 4.79 Å². The van der Waals surface area contributed by atoms with E-state index < -0.39 is 5.97 Å². The summed E-state index contributed by atoms with van der Waals surface area (Å²) in [6, 6.07) is 6.87. The number of carbonyl (C=O) groups is 2. The normalized spacial score (nSPS) is 10.4. The first kappa shape index (κ1) is 15.3. The van der Waals surface area contributed by atoms with Crippen molar-refractivity contribution >= 4 is 27.8 Å². The summed E-state index contributed by atoms with van der Waals surface area (Å²) in [6.07, 6.45) is 0. The molecular formula is C15H14BrNO4. The largest absolute Gasteiger partial charge is 0.478 e. The molecule has 0 saturated heterocycles. The zero-order chi connectivity index (χ0) is 15.6. The van der Waals surface area contributed by atoms with Crippen molar-refractivity contribution in [2.24, 2.45) is 0 Å². The number of furan rings is 1. The van der Waals surface area contributed by atoms with Gasteiger partial charge in [-0.25, -0.2) is 4.79 Å². The van der Waals surface area contributed by atoms with Crippen molar-refractivity contribution < 1.29 is 19.1 Å². The molecule has 0 aliphatic heterocycles. The van der Waals surface area contributed by atoms with Gasteiger partial charge in [0.25, 0.3) is 5.91 Å². The molecule has 21 heavy (non-hydrogen) atoms. The van der Waals surface area contributed by atoms with Crippen molar-refractivity contribution in [2.45, 2.75) is 20.4 Å². The molecule has 0 aliphatic carbocycles. The molecule has 2 N–H and O–H groups in total. The van der Waals surface area contributed by atoms with Crippen LogP contribution in [0.2, 0.25) is 0 Å². The molecule has 0 fully saturated rings. The fourth-order valence-corrected chi connectivity index (χ4v) is 2.31. The molecule has 0 saturated carbocycles. The number of halogens is 1. The minimum Gasteiger partial charge on any atom is -0.478 e. The minimum atomic E-state index is -1.04. The van der Waals surface area contributed by atoms with E-state index in [0.29, 0.717) is 17.1 Å². The SMILES string of the molecule is Cc1ccc(Br)cc1C(=O)NCc1cc(C(=O)O)c(C)o1. The highest BCUT2D eigenvalue weighted by molar-refractivity contribution is 9.10. The molecule has 1 aromatic heterocycles. The van der Waals surface area contributed by atoms with E-state index in [-0.39, 0.29) is 18.0 Å². The van der Waals surface area contributed by atoms with Gasteiger partial charge in [-0.05, 0) is 37.6 Å². The van der Waals surface area contributed by atoms with Gasteiger partial charge in [0.15, 0.2) is 0 Å². The molecule has 110 valence electrons. The van der Waals surface area contributed by atoms with Crippen molar-refractivity contribution in [1.82, 2.24) is 5.32 Å². The average Bonchev–Trinajstić information content (AvgIpc) is 2.80. The topological polar surface area (TPSA) is 79.5 Å². The van der Waals surface area contributed by atoms with Gasteiger partial charge in [0, 0.05) is 10.0 Å². The number of hydrogen-bond donors (Lipinski definition) is 2. The predicted molar refractivity (Wildman–Crippen MR) is 80.5 cm³/mol. The van der Waals surface area contributed by atoms with Gasteiger partial charge in [-0.15, -0.1) is 0 Å². The first-order valence-electron chi connectivity index (χ1n) is 6.25. The van der Waals surface area contributed by atoms with Crippen LogP contribution in [0.4, 0.5) is 0 Å². The first-order valence-corrected chi connectivity index (χ1v) is 7.04. The zero-order valence-corrected chi connectivity index (χ0v) is 13.2. The van der Waals surface area contributed by atoms with Crippen molar-refractivity contribution in [1.29, 1.82) is 0 Å². The molecule has 2 rings (SSSR count). The van der Waals surface area contributed by atoms with Crippen LogP contribution in [0.3, 0.4) is 0 Å². The Kier molecular flexibility index (Phi) is 4.47. The maximum atomic E-state index is 12.1. The molecule has 0 unspecified atom stereocenters. The number of carboxylic acid groups (broad SMARTS) is 1. The molecule has 0 spiro atoms. The van der Waals surface area contributed by atoms with Crippen LogP contribution in [0.25, 0.3) is 0 Å². The quantitative estimate of drug-likeness (QED) is 0.885. The Hall–Kier alpha value is -2.08. The Morgan fingerprint density at radius 1 is 1.24 bits per heavy atom. The van der Waals surface area contributed by atoms with Crippen LogP contribution in [0.5, 0.6) is 0 Å². The fourth-order valence-electron chi connectivity index (χ4n) is 1.94. The third-order valence-corrected chi connectivity index (χ3v) is 3.56. The number of rotatable bonds is 4. The van der Waals surface area contributed by atoms with Crippen LogP contribution in [0, 0.1) is 13.8 Å². The van der Waals surface area contributed by atoms with Gasteiger partial charge in [-0.1, -0.05) is 22.0 Å². The van der Waals surface area contributed by atoms with Gasteiger partial charge in [0.2, 0.25) is 0 Å². The Bertz CT molecular complexity index is 706. The summed E-state index contributed by atoms with van der Waals surface area (Å²) in [6.45, 7) is 3.56. The summed E-state index contributed by atoms with van der Waals surface area (Å²) in [7, 11) is 0. The molecule has 0 radical (unpaired) electrons. The summed E-state index contributed by atoms with van der Waals surface area (Å²) < 4.78 is 6.13. The maximum absolute atomic E-state index is 12.1. The summed E-state index contributed by atoms with van der Waals surface area (Å²) in [5.74, 6) is -0.548. The lowest BCUT2D eigenvalue weighted by Crippen LogP contribution is -2.23. The van der Waals surface area contributed by atoms with E-state index in [4.69, 9.17) is 9.52 Å². The second kappa shape index (κ2) is 6.13. The molecular weight excluding hydrogens is 338 g/mol. The second-order valence-corrected chi connectivity index (χ2v) is 5.55. The van der Waals surface area contributed by atoms with Gasteiger partial charge >= 0.3 is 5.97 Å².